The SMILES string of the molecule is C[C@@H](CCCCc1ccccc1)[C@H](O)CC[C@H]1CC(F)(F)C(=O)N1CCCc1ccc(OC(=O)O)s1. The summed E-state index contributed by atoms with van der Waals surface area (Å²) in [4.78, 5) is 25.0. The molecule has 36 heavy (non-hydrogen) atoms. The van der Waals surface area contributed by atoms with E-state index in [-0.39, 0.29) is 17.5 Å². The molecule has 0 unspecified atom stereocenters. The molecule has 9 heteroatoms. The first-order valence-corrected chi connectivity index (χ1v) is 13.4. The number of unbranched alkanes of at least 4 members (excludes halogenated alkanes) is 1. The highest BCUT2D eigenvalue weighted by molar-refractivity contribution is 7.13. The van der Waals surface area contributed by atoms with Gasteiger partial charge in [0.2, 0.25) is 0 Å². The van der Waals surface area contributed by atoms with Crippen molar-refractivity contribution in [3.63, 3.8) is 0 Å². The minimum atomic E-state index is -3.37. The van der Waals surface area contributed by atoms with Crippen LogP contribution in [0, 0.1) is 5.92 Å². The van der Waals surface area contributed by atoms with E-state index in [9.17, 15) is 23.5 Å². The number of aryl methyl sites for hydroxylation is 2. The molecule has 0 aliphatic carbocycles. The Kier molecular flexibility index (Phi) is 10.2. The van der Waals surface area contributed by atoms with Gasteiger partial charge in [0, 0.05) is 23.9 Å². The third-order valence-electron chi connectivity index (χ3n) is 6.82. The lowest BCUT2D eigenvalue weighted by Gasteiger charge is -2.26. The molecule has 0 saturated carbocycles. The van der Waals surface area contributed by atoms with Crippen LogP contribution in [0.4, 0.5) is 13.6 Å². The van der Waals surface area contributed by atoms with Crippen molar-refractivity contribution in [2.45, 2.75) is 82.8 Å². The van der Waals surface area contributed by atoms with E-state index in [1.54, 1.807) is 12.1 Å². The minimum Gasteiger partial charge on any atom is -0.449 e. The second-order valence-electron chi connectivity index (χ2n) is 9.61. The minimum absolute atomic E-state index is 0.0629. The van der Waals surface area contributed by atoms with Gasteiger partial charge in [-0.2, -0.15) is 8.78 Å². The van der Waals surface area contributed by atoms with Crippen molar-refractivity contribution in [3.05, 3.63) is 52.9 Å². The van der Waals surface area contributed by atoms with Crippen LogP contribution in [0.2, 0.25) is 0 Å². The Morgan fingerprint density at radius 3 is 2.61 bits per heavy atom. The highest BCUT2D eigenvalue weighted by Crippen LogP contribution is 2.36. The zero-order valence-corrected chi connectivity index (χ0v) is 21.4. The number of rotatable bonds is 14. The summed E-state index contributed by atoms with van der Waals surface area (Å²) in [7, 11) is 0. The smallest absolute Gasteiger partial charge is 0.449 e. The highest BCUT2D eigenvalue weighted by Gasteiger charge is 2.52. The predicted molar refractivity (Wildman–Crippen MR) is 135 cm³/mol. The van der Waals surface area contributed by atoms with Crippen LogP contribution in [0.1, 0.15) is 62.3 Å². The largest absolute Gasteiger partial charge is 0.512 e. The second-order valence-corrected chi connectivity index (χ2v) is 10.7. The van der Waals surface area contributed by atoms with Gasteiger partial charge in [-0.3, -0.25) is 4.79 Å². The highest BCUT2D eigenvalue weighted by atomic mass is 32.1. The molecule has 3 rings (SSSR count). The molecule has 0 radical (unpaired) electrons. The van der Waals surface area contributed by atoms with Crippen LogP contribution < -0.4 is 4.74 Å². The van der Waals surface area contributed by atoms with E-state index < -0.39 is 36.6 Å². The van der Waals surface area contributed by atoms with Crippen molar-refractivity contribution in [2.24, 2.45) is 5.92 Å². The van der Waals surface area contributed by atoms with E-state index in [1.165, 1.54) is 21.8 Å². The first kappa shape index (κ1) is 28.1. The van der Waals surface area contributed by atoms with Gasteiger partial charge < -0.3 is 19.8 Å². The number of aliphatic hydroxyl groups is 1. The molecule has 3 atom stereocenters. The Morgan fingerprint density at radius 2 is 1.89 bits per heavy atom. The molecule has 6 nitrogen and oxygen atoms in total. The number of carbonyl (C=O) groups excluding carboxylic acids is 1. The van der Waals surface area contributed by atoms with Gasteiger partial charge in [0.1, 0.15) is 0 Å². The molecule has 2 N–H and O–H groups in total. The molecule has 2 aromatic rings. The van der Waals surface area contributed by atoms with Gasteiger partial charge in [-0.05, 0) is 68.6 Å². The molecule has 1 amide bonds. The fourth-order valence-corrected chi connectivity index (χ4v) is 5.64. The Bertz CT molecular complexity index is 984. The van der Waals surface area contributed by atoms with Gasteiger partial charge in [-0.1, -0.05) is 43.7 Å². The van der Waals surface area contributed by atoms with Crippen LogP contribution in [0.15, 0.2) is 42.5 Å². The molecule has 1 aliphatic rings. The number of benzene rings is 1. The number of aliphatic hydroxyl groups excluding tert-OH is 1. The fourth-order valence-electron chi connectivity index (χ4n) is 4.75. The lowest BCUT2D eigenvalue weighted by atomic mass is 9.92. The second kappa shape index (κ2) is 13.1. The number of likely N-dealkylation sites (tertiary alicyclic amines) is 1. The number of carboxylic acid groups (broad SMARTS) is 1. The molecule has 198 valence electrons. The van der Waals surface area contributed by atoms with Gasteiger partial charge in [0.25, 0.3) is 5.91 Å². The molecule has 1 aromatic carbocycles. The summed E-state index contributed by atoms with van der Waals surface area (Å²) in [5.74, 6) is -4.45. The Balaban J connectivity index is 1.42. The predicted octanol–water partition coefficient (Wildman–Crippen LogP) is 6.16. The standard InChI is InChI=1S/C27H35F2NO5S/c1-19(8-5-6-11-20-9-3-2-4-10-20)23(31)15-13-21-18-27(28,29)25(32)30(21)17-7-12-22-14-16-24(36-22)35-26(33)34/h2-4,9-10,14,16,19,21,23,31H,5-8,11-13,15,17-18H2,1H3,(H,33,34)/t19-,21-,23+/m0/s1. The van der Waals surface area contributed by atoms with Crippen molar-refractivity contribution in [1.29, 1.82) is 0 Å². The number of thiophene rings is 1. The average Bonchev–Trinajstić information content (AvgIpc) is 3.36. The van der Waals surface area contributed by atoms with Crippen LogP contribution in [-0.4, -0.2) is 51.8 Å². The summed E-state index contributed by atoms with van der Waals surface area (Å²) in [6.45, 7) is 2.18. The number of hydrogen-bond donors (Lipinski definition) is 2. The van der Waals surface area contributed by atoms with Gasteiger partial charge >= 0.3 is 12.1 Å². The molecular formula is C27H35F2NO5S. The van der Waals surface area contributed by atoms with E-state index in [2.05, 4.69) is 16.9 Å². The van der Waals surface area contributed by atoms with Crippen molar-refractivity contribution < 1.29 is 33.3 Å². The van der Waals surface area contributed by atoms with Gasteiger partial charge in [-0.15, -0.1) is 11.3 Å². The van der Waals surface area contributed by atoms with Crippen LogP contribution in [0.5, 0.6) is 5.06 Å². The third kappa shape index (κ3) is 8.27. The quantitative estimate of drug-likeness (QED) is 0.229. The first-order chi connectivity index (χ1) is 17.2. The summed E-state index contributed by atoms with van der Waals surface area (Å²) < 4.78 is 33.0. The Labute approximate surface area is 214 Å². The summed E-state index contributed by atoms with van der Waals surface area (Å²) in [5.41, 5.74) is 1.30. The van der Waals surface area contributed by atoms with E-state index in [0.717, 1.165) is 30.6 Å². The zero-order chi connectivity index (χ0) is 26.1. The van der Waals surface area contributed by atoms with Crippen LogP contribution in [0.25, 0.3) is 0 Å². The topological polar surface area (TPSA) is 87.1 Å². The molecule has 0 bridgehead atoms. The molecule has 1 saturated heterocycles. The number of alkyl halides is 2. The molecule has 0 spiro atoms. The monoisotopic (exact) mass is 523 g/mol. The summed E-state index contributed by atoms with van der Waals surface area (Å²) in [6.07, 6.45) is 3.12. The Morgan fingerprint density at radius 1 is 1.14 bits per heavy atom. The number of hydrogen-bond acceptors (Lipinski definition) is 5. The summed E-state index contributed by atoms with van der Waals surface area (Å²) >= 11 is 1.18. The number of carbonyl (C=O) groups is 2. The summed E-state index contributed by atoms with van der Waals surface area (Å²) in [6, 6.07) is 12.9. The molecule has 1 aromatic heterocycles. The number of nitrogens with zero attached hydrogens (tertiary/aromatic N) is 1. The third-order valence-corrected chi connectivity index (χ3v) is 7.85. The molecule has 2 heterocycles. The Hall–Kier alpha value is -2.52. The maximum absolute atomic E-state index is 14.2. The summed E-state index contributed by atoms with van der Waals surface area (Å²) in [5, 5.41) is 19.6. The van der Waals surface area contributed by atoms with Crippen molar-refractivity contribution in [1.82, 2.24) is 4.90 Å². The zero-order valence-electron chi connectivity index (χ0n) is 20.6. The first-order valence-electron chi connectivity index (χ1n) is 12.6. The van der Waals surface area contributed by atoms with Gasteiger partial charge in [-0.25, -0.2) is 4.79 Å². The number of halogens is 2. The van der Waals surface area contributed by atoms with Crippen LogP contribution in [0.3, 0.4) is 0 Å². The number of ether oxygens (including phenoxy) is 1. The fraction of sp³-hybridized carbons (Fsp3) is 0.556. The van der Waals surface area contributed by atoms with E-state index in [0.29, 0.717) is 25.7 Å². The van der Waals surface area contributed by atoms with Crippen LogP contribution in [-0.2, 0) is 17.6 Å². The van der Waals surface area contributed by atoms with Gasteiger partial charge in [0.15, 0.2) is 5.06 Å². The van der Waals surface area contributed by atoms with E-state index in [1.807, 2.05) is 25.1 Å². The lowest BCUT2D eigenvalue weighted by molar-refractivity contribution is -0.148. The van der Waals surface area contributed by atoms with Crippen molar-refractivity contribution in [3.8, 4) is 5.06 Å². The van der Waals surface area contributed by atoms with Crippen molar-refractivity contribution >= 4 is 23.4 Å². The molecule has 1 fully saturated rings. The lowest BCUT2D eigenvalue weighted by Crippen LogP contribution is -2.37. The maximum atomic E-state index is 14.2. The van der Waals surface area contributed by atoms with Crippen molar-refractivity contribution in [2.75, 3.05) is 6.54 Å². The normalized spacial score (nSPS) is 18.8. The average molecular weight is 524 g/mol. The van der Waals surface area contributed by atoms with Crippen LogP contribution >= 0.6 is 11.3 Å². The molecular weight excluding hydrogens is 488 g/mol. The van der Waals surface area contributed by atoms with E-state index in [4.69, 9.17) is 5.11 Å². The van der Waals surface area contributed by atoms with Gasteiger partial charge in [0.05, 0.1) is 6.10 Å². The maximum Gasteiger partial charge on any atom is 0.512 e. The number of amides is 1. The molecule has 1 aliphatic heterocycles. The van der Waals surface area contributed by atoms with E-state index >= 15 is 0 Å².